The highest BCUT2D eigenvalue weighted by Gasteiger charge is 2.40. The molecule has 1 unspecified atom stereocenters. The predicted octanol–water partition coefficient (Wildman–Crippen LogP) is 3.67. The summed E-state index contributed by atoms with van der Waals surface area (Å²) in [6.45, 7) is 4.47. The molecule has 2 aliphatic heterocycles. The number of pyridine rings is 1. The van der Waals surface area contributed by atoms with Gasteiger partial charge in [0.15, 0.2) is 6.10 Å². The van der Waals surface area contributed by atoms with Gasteiger partial charge in [0, 0.05) is 32.4 Å². The molecule has 1 aromatic rings. The predicted molar refractivity (Wildman–Crippen MR) is 124 cm³/mol. The van der Waals surface area contributed by atoms with Crippen molar-refractivity contribution in [3.8, 4) is 0 Å². The van der Waals surface area contributed by atoms with Crippen molar-refractivity contribution in [2.24, 2.45) is 5.16 Å². The van der Waals surface area contributed by atoms with Gasteiger partial charge in [-0.3, -0.25) is 4.98 Å². The van der Waals surface area contributed by atoms with Gasteiger partial charge in [0.2, 0.25) is 0 Å². The van der Waals surface area contributed by atoms with Crippen molar-refractivity contribution < 1.29 is 26.4 Å². The molecule has 0 bridgehead atoms. The van der Waals surface area contributed by atoms with Crippen LogP contribution in [0.1, 0.15) is 30.7 Å². The molecule has 1 fully saturated rings. The summed E-state index contributed by atoms with van der Waals surface area (Å²) in [6, 6.07) is 0.403. The van der Waals surface area contributed by atoms with Gasteiger partial charge in [-0.1, -0.05) is 29.4 Å². The van der Waals surface area contributed by atoms with Crippen molar-refractivity contribution in [2.45, 2.75) is 31.7 Å². The quantitative estimate of drug-likeness (QED) is 0.555. The molecule has 0 saturated carbocycles. The Morgan fingerprint density at radius 1 is 1.38 bits per heavy atom. The van der Waals surface area contributed by atoms with E-state index in [0.29, 0.717) is 5.84 Å². The zero-order valence-corrected chi connectivity index (χ0v) is 20.4. The van der Waals surface area contributed by atoms with Crippen LogP contribution in [0.3, 0.4) is 0 Å². The van der Waals surface area contributed by atoms with Gasteiger partial charge >= 0.3 is 0 Å². The fourth-order valence-corrected chi connectivity index (χ4v) is 4.63. The summed E-state index contributed by atoms with van der Waals surface area (Å²) in [7, 11) is -1.14. The number of hydrogen-bond acceptors (Lipinski definition) is 6. The van der Waals surface area contributed by atoms with Gasteiger partial charge in [-0.15, -0.1) is 0 Å². The van der Waals surface area contributed by atoms with Crippen LogP contribution in [0, 0.1) is 0 Å². The van der Waals surface area contributed by atoms with Crippen LogP contribution in [-0.4, -0.2) is 67.8 Å². The largest absolute Gasteiger partial charge is 0.384 e. The molecule has 0 radical (unpaired) electrons. The molecule has 1 aromatic heterocycles. The standard InChI is InChI=1S/C21H25ClF3N5O3S/c1-5-6-15(24)20(12(2)23)14-7-13(22)9-26-21(14)18-8-19(27-33-18)30-10-16(25)17(11-30)28-34(31,32)29(3)4/h5-7,9,16-18,28H,1,8,10-11H2,2-4H3/b15-6+,20-12+/t16-,17+,18?/m0/s1. The van der Waals surface area contributed by atoms with E-state index in [9.17, 15) is 21.6 Å². The molecule has 3 atom stereocenters. The highest BCUT2D eigenvalue weighted by Crippen LogP contribution is 2.38. The van der Waals surface area contributed by atoms with Crippen LogP contribution in [-0.2, 0) is 15.0 Å². The first kappa shape index (κ1) is 26.2. The first-order valence-electron chi connectivity index (χ1n) is 10.3. The van der Waals surface area contributed by atoms with Gasteiger partial charge in [0.05, 0.1) is 35.3 Å². The van der Waals surface area contributed by atoms with Crippen molar-refractivity contribution in [2.75, 3.05) is 27.2 Å². The third kappa shape index (κ3) is 5.62. The van der Waals surface area contributed by atoms with E-state index in [1.54, 1.807) is 4.90 Å². The van der Waals surface area contributed by atoms with Crippen LogP contribution in [0.2, 0.25) is 5.02 Å². The lowest BCUT2D eigenvalue weighted by Crippen LogP contribution is -2.46. The molecular formula is C21H25ClF3N5O3S. The van der Waals surface area contributed by atoms with Crippen LogP contribution in [0.25, 0.3) is 5.57 Å². The van der Waals surface area contributed by atoms with Crippen molar-refractivity contribution in [3.63, 3.8) is 0 Å². The van der Waals surface area contributed by atoms with E-state index in [4.69, 9.17) is 16.4 Å². The number of halogens is 4. The van der Waals surface area contributed by atoms with Crippen molar-refractivity contribution in [3.05, 3.63) is 58.9 Å². The summed E-state index contributed by atoms with van der Waals surface area (Å²) >= 11 is 6.04. The summed E-state index contributed by atoms with van der Waals surface area (Å²) in [4.78, 5) is 11.3. The monoisotopic (exact) mass is 519 g/mol. The zero-order chi connectivity index (χ0) is 25.2. The summed E-state index contributed by atoms with van der Waals surface area (Å²) in [5.41, 5.74) is -0.0559. The van der Waals surface area contributed by atoms with E-state index in [2.05, 4.69) is 21.4 Å². The molecular weight excluding hydrogens is 495 g/mol. The number of aromatic nitrogens is 1. The molecule has 3 heterocycles. The van der Waals surface area contributed by atoms with Gasteiger partial charge in [-0.25, -0.2) is 13.2 Å². The Kier molecular flexibility index (Phi) is 8.06. The van der Waals surface area contributed by atoms with Crippen LogP contribution in [0.15, 0.2) is 47.8 Å². The number of nitrogens with one attached hydrogen (secondary N) is 1. The maximum Gasteiger partial charge on any atom is 0.279 e. The SMILES string of the molecule is C=C/C=C(F)\C(=C(/C)F)c1cc(Cl)cnc1C1CC(N2C[C@H](F)[C@H](NS(=O)(=O)N(C)C)C2)=NO1. The lowest BCUT2D eigenvalue weighted by Gasteiger charge is -2.19. The average Bonchev–Trinajstić information content (AvgIpc) is 3.35. The number of nitrogens with zero attached hydrogens (tertiary/aromatic N) is 4. The number of likely N-dealkylation sites (tertiary alicyclic amines) is 1. The van der Waals surface area contributed by atoms with E-state index >= 15 is 0 Å². The van der Waals surface area contributed by atoms with Crippen LogP contribution >= 0.6 is 11.6 Å². The molecule has 1 N–H and O–H groups in total. The van der Waals surface area contributed by atoms with Gasteiger partial charge in [0.1, 0.15) is 23.7 Å². The topological polar surface area (TPSA) is 87.1 Å². The Morgan fingerprint density at radius 3 is 2.71 bits per heavy atom. The molecule has 3 rings (SSSR count). The van der Waals surface area contributed by atoms with Crippen LogP contribution in [0.5, 0.6) is 0 Å². The molecule has 0 spiro atoms. The van der Waals surface area contributed by atoms with Gasteiger partial charge in [0.25, 0.3) is 10.2 Å². The minimum Gasteiger partial charge on any atom is -0.384 e. The summed E-state index contributed by atoms with van der Waals surface area (Å²) < 4.78 is 70.9. The summed E-state index contributed by atoms with van der Waals surface area (Å²) in [5.74, 6) is -1.29. The number of alkyl halides is 1. The molecule has 2 aliphatic rings. The van der Waals surface area contributed by atoms with E-state index in [1.165, 1.54) is 32.4 Å². The Bertz CT molecular complexity index is 1150. The Labute approximate surface area is 201 Å². The highest BCUT2D eigenvalue weighted by molar-refractivity contribution is 7.87. The molecule has 0 aliphatic carbocycles. The Morgan fingerprint density at radius 2 is 2.09 bits per heavy atom. The van der Waals surface area contributed by atoms with E-state index in [1.807, 2.05) is 0 Å². The van der Waals surface area contributed by atoms with Gasteiger partial charge in [-0.05, 0) is 19.1 Å². The summed E-state index contributed by atoms with van der Waals surface area (Å²) in [5, 5.41) is 4.17. The van der Waals surface area contributed by atoms with Gasteiger partial charge < -0.3 is 9.74 Å². The number of hydrogen-bond donors (Lipinski definition) is 1. The second-order valence-electron chi connectivity index (χ2n) is 7.98. The molecule has 186 valence electrons. The smallest absolute Gasteiger partial charge is 0.279 e. The number of allylic oxidation sites excluding steroid dienone is 5. The summed E-state index contributed by atoms with van der Waals surface area (Å²) in [6.07, 6.45) is 1.37. The fraction of sp³-hybridized carbons (Fsp3) is 0.429. The first-order chi connectivity index (χ1) is 15.9. The van der Waals surface area contributed by atoms with Crippen molar-refractivity contribution in [1.29, 1.82) is 0 Å². The number of oxime groups is 1. The van der Waals surface area contributed by atoms with E-state index in [0.717, 1.165) is 17.3 Å². The third-order valence-electron chi connectivity index (χ3n) is 5.35. The van der Waals surface area contributed by atoms with Gasteiger partial charge in [-0.2, -0.15) is 17.4 Å². The normalized spacial score (nSPS) is 24.2. The minimum absolute atomic E-state index is 0.0372. The highest BCUT2D eigenvalue weighted by atomic mass is 35.5. The second kappa shape index (κ2) is 10.5. The van der Waals surface area contributed by atoms with E-state index < -0.39 is 40.2 Å². The van der Waals surface area contributed by atoms with Crippen molar-refractivity contribution >= 4 is 33.2 Å². The molecule has 8 nitrogen and oxygen atoms in total. The molecule has 1 saturated heterocycles. The number of amidine groups is 1. The molecule has 34 heavy (non-hydrogen) atoms. The van der Waals surface area contributed by atoms with Crippen LogP contribution < -0.4 is 4.72 Å². The average molecular weight is 520 g/mol. The van der Waals surface area contributed by atoms with Crippen molar-refractivity contribution in [1.82, 2.24) is 18.9 Å². The molecule has 13 heteroatoms. The lowest BCUT2D eigenvalue weighted by molar-refractivity contribution is 0.0822. The Hall–Kier alpha value is -2.41. The first-order valence-corrected chi connectivity index (χ1v) is 12.1. The molecule has 0 aromatic carbocycles. The van der Waals surface area contributed by atoms with E-state index in [-0.39, 0.29) is 41.4 Å². The lowest BCUT2D eigenvalue weighted by atomic mass is 9.97. The minimum atomic E-state index is -3.82. The maximum absolute atomic E-state index is 14.6. The maximum atomic E-state index is 14.6. The Balaban J connectivity index is 1.82. The molecule has 0 amide bonds. The fourth-order valence-electron chi connectivity index (χ4n) is 3.65. The second-order valence-corrected chi connectivity index (χ2v) is 10.3. The zero-order valence-electron chi connectivity index (χ0n) is 18.8. The number of rotatable bonds is 7. The van der Waals surface area contributed by atoms with Crippen LogP contribution in [0.4, 0.5) is 13.2 Å². The third-order valence-corrected chi connectivity index (χ3v) is 7.12.